The minimum Gasteiger partial charge on any atom is -0.481 e. The van der Waals surface area contributed by atoms with E-state index in [9.17, 15) is 14.0 Å². The van der Waals surface area contributed by atoms with Crippen LogP contribution in [0.3, 0.4) is 0 Å². The fraction of sp³-hybridized carbons (Fsp3) is 0.412. The van der Waals surface area contributed by atoms with E-state index in [0.29, 0.717) is 23.9 Å². The molecule has 1 aliphatic heterocycles. The Hall–Kier alpha value is -2.37. The van der Waals surface area contributed by atoms with E-state index in [4.69, 9.17) is 9.52 Å². The van der Waals surface area contributed by atoms with Crippen molar-refractivity contribution in [1.82, 2.24) is 4.90 Å². The molecule has 0 unspecified atom stereocenters. The number of carboxylic acids is 1. The normalized spacial score (nSPS) is 18.3. The lowest BCUT2D eigenvalue weighted by molar-refractivity contribution is -0.137. The average molecular weight is 319 g/mol. The summed E-state index contributed by atoms with van der Waals surface area (Å²) in [5.74, 6) is -1.32. The Morgan fingerprint density at radius 3 is 2.91 bits per heavy atom. The SMILES string of the molecule is O=C(O)CC[C@H]1CCCCN1C(=O)c1cc2cc(F)ccc2o1. The number of rotatable bonds is 4. The number of fused-ring (bicyclic) bond motifs is 1. The fourth-order valence-corrected chi connectivity index (χ4v) is 3.12. The van der Waals surface area contributed by atoms with Gasteiger partial charge in [0.1, 0.15) is 11.4 Å². The first-order valence-corrected chi connectivity index (χ1v) is 7.76. The highest BCUT2D eigenvalue weighted by atomic mass is 19.1. The zero-order chi connectivity index (χ0) is 16.4. The second-order valence-electron chi connectivity index (χ2n) is 5.87. The van der Waals surface area contributed by atoms with Crippen molar-refractivity contribution >= 4 is 22.8 Å². The second kappa shape index (κ2) is 6.40. The van der Waals surface area contributed by atoms with Crippen LogP contribution >= 0.6 is 0 Å². The summed E-state index contributed by atoms with van der Waals surface area (Å²) < 4.78 is 18.8. The van der Waals surface area contributed by atoms with Crippen LogP contribution in [0, 0.1) is 5.82 Å². The first-order valence-electron chi connectivity index (χ1n) is 7.76. The Morgan fingerprint density at radius 2 is 2.13 bits per heavy atom. The third-order valence-electron chi connectivity index (χ3n) is 4.27. The van der Waals surface area contributed by atoms with Gasteiger partial charge in [-0.05, 0) is 49.9 Å². The minimum atomic E-state index is -0.859. The molecule has 0 aliphatic carbocycles. The fourth-order valence-electron chi connectivity index (χ4n) is 3.12. The van der Waals surface area contributed by atoms with Crippen LogP contribution in [0.2, 0.25) is 0 Å². The molecule has 2 heterocycles. The van der Waals surface area contributed by atoms with Crippen molar-refractivity contribution in [3.63, 3.8) is 0 Å². The lowest BCUT2D eigenvalue weighted by atomic mass is 9.97. The van der Waals surface area contributed by atoms with Crippen LogP contribution in [0.15, 0.2) is 28.7 Å². The van der Waals surface area contributed by atoms with Gasteiger partial charge in [-0.3, -0.25) is 9.59 Å². The molecule has 1 atom stereocenters. The second-order valence-corrected chi connectivity index (χ2v) is 5.87. The first-order chi connectivity index (χ1) is 11.0. The zero-order valence-electron chi connectivity index (χ0n) is 12.6. The maximum absolute atomic E-state index is 13.2. The molecule has 1 aliphatic rings. The summed E-state index contributed by atoms with van der Waals surface area (Å²) in [6.45, 7) is 0.592. The quantitative estimate of drug-likeness (QED) is 0.937. The molecule has 1 aromatic carbocycles. The molecular formula is C17H18FNO4. The average Bonchev–Trinajstić information content (AvgIpc) is 2.95. The van der Waals surface area contributed by atoms with Crippen molar-refractivity contribution < 1.29 is 23.5 Å². The molecule has 1 aromatic heterocycles. The molecule has 1 fully saturated rings. The number of carboxylic acid groups (broad SMARTS) is 1. The van der Waals surface area contributed by atoms with E-state index in [2.05, 4.69) is 0 Å². The highest BCUT2D eigenvalue weighted by molar-refractivity contribution is 5.96. The predicted octanol–water partition coefficient (Wildman–Crippen LogP) is 3.43. The number of carbonyl (C=O) groups is 2. The van der Waals surface area contributed by atoms with Gasteiger partial charge in [0.15, 0.2) is 5.76 Å². The van der Waals surface area contributed by atoms with Crippen LogP contribution in [0.5, 0.6) is 0 Å². The van der Waals surface area contributed by atoms with Gasteiger partial charge in [0.2, 0.25) is 0 Å². The highest BCUT2D eigenvalue weighted by Crippen LogP contribution is 2.26. The van der Waals surface area contributed by atoms with Gasteiger partial charge in [-0.15, -0.1) is 0 Å². The predicted molar refractivity (Wildman–Crippen MR) is 81.7 cm³/mol. The zero-order valence-corrected chi connectivity index (χ0v) is 12.6. The van der Waals surface area contributed by atoms with Crippen LogP contribution in [0.4, 0.5) is 4.39 Å². The topological polar surface area (TPSA) is 70.8 Å². The van der Waals surface area contributed by atoms with Crippen molar-refractivity contribution in [3.8, 4) is 0 Å². The highest BCUT2D eigenvalue weighted by Gasteiger charge is 2.29. The minimum absolute atomic E-state index is 0.0415. The van der Waals surface area contributed by atoms with Gasteiger partial charge in [0.25, 0.3) is 5.91 Å². The van der Waals surface area contributed by atoms with Crippen molar-refractivity contribution in [2.75, 3.05) is 6.54 Å². The van der Waals surface area contributed by atoms with Crippen LogP contribution < -0.4 is 0 Å². The Kier molecular flexibility index (Phi) is 4.32. The largest absolute Gasteiger partial charge is 0.481 e. The van der Waals surface area contributed by atoms with Gasteiger partial charge in [-0.2, -0.15) is 0 Å². The summed E-state index contributed by atoms with van der Waals surface area (Å²) in [4.78, 5) is 25.2. The van der Waals surface area contributed by atoms with Gasteiger partial charge < -0.3 is 14.4 Å². The molecule has 122 valence electrons. The first kappa shape index (κ1) is 15.5. The third-order valence-corrected chi connectivity index (χ3v) is 4.27. The number of aliphatic carboxylic acids is 1. The van der Waals surface area contributed by atoms with E-state index >= 15 is 0 Å². The Morgan fingerprint density at radius 1 is 1.30 bits per heavy atom. The number of benzene rings is 1. The van der Waals surface area contributed by atoms with Crippen molar-refractivity contribution in [1.29, 1.82) is 0 Å². The standard InChI is InChI=1S/C17H18FNO4/c18-12-4-6-14-11(9-12)10-15(23-14)17(22)19-8-2-1-3-13(19)5-7-16(20)21/h4,6,9-10,13H,1-3,5,7-8H2,(H,20,21)/t13-/m1/s1. The molecule has 6 heteroatoms. The maximum Gasteiger partial charge on any atom is 0.303 e. The monoisotopic (exact) mass is 319 g/mol. The number of hydrogen-bond donors (Lipinski definition) is 1. The van der Waals surface area contributed by atoms with Gasteiger partial charge in [0, 0.05) is 24.4 Å². The number of furan rings is 1. The molecule has 2 aromatic rings. The lowest BCUT2D eigenvalue weighted by Gasteiger charge is -2.35. The molecule has 0 bridgehead atoms. The van der Waals surface area contributed by atoms with E-state index in [1.807, 2.05) is 0 Å². The summed E-state index contributed by atoms with van der Waals surface area (Å²) >= 11 is 0. The third kappa shape index (κ3) is 3.36. The molecule has 23 heavy (non-hydrogen) atoms. The van der Waals surface area contributed by atoms with Crippen molar-refractivity contribution in [2.45, 2.75) is 38.1 Å². The molecular weight excluding hydrogens is 301 g/mol. The summed E-state index contributed by atoms with van der Waals surface area (Å²) in [6, 6.07) is 5.57. The number of hydrogen-bond acceptors (Lipinski definition) is 3. The number of likely N-dealkylation sites (tertiary alicyclic amines) is 1. The molecule has 1 N–H and O–H groups in total. The lowest BCUT2D eigenvalue weighted by Crippen LogP contribution is -2.43. The van der Waals surface area contributed by atoms with Crippen molar-refractivity contribution in [3.05, 3.63) is 35.8 Å². The smallest absolute Gasteiger partial charge is 0.303 e. The van der Waals surface area contributed by atoms with Crippen LogP contribution in [-0.2, 0) is 4.79 Å². The summed E-state index contributed by atoms with van der Waals surface area (Å²) in [5.41, 5.74) is 0.467. The number of nitrogens with zero attached hydrogens (tertiary/aromatic N) is 1. The van der Waals surface area contributed by atoms with E-state index in [1.54, 1.807) is 11.0 Å². The molecule has 0 spiro atoms. The maximum atomic E-state index is 13.2. The molecule has 0 saturated carbocycles. The molecule has 1 amide bonds. The van der Waals surface area contributed by atoms with E-state index in [1.165, 1.54) is 18.2 Å². The number of piperidine rings is 1. The van der Waals surface area contributed by atoms with E-state index in [0.717, 1.165) is 19.3 Å². The van der Waals surface area contributed by atoms with E-state index < -0.39 is 5.97 Å². The number of amides is 1. The Labute approximate surface area is 132 Å². The molecule has 5 nitrogen and oxygen atoms in total. The Balaban J connectivity index is 1.81. The van der Waals surface area contributed by atoms with Gasteiger partial charge in [-0.1, -0.05) is 0 Å². The summed E-state index contributed by atoms with van der Waals surface area (Å²) in [5, 5.41) is 9.40. The van der Waals surface area contributed by atoms with Crippen LogP contribution in [0.1, 0.15) is 42.7 Å². The van der Waals surface area contributed by atoms with Gasteiger partial charge in [-0.25, -0.2) is 4.39 Å². The van der Waals surface area contributed by atoms with Crippen molar-refractivity contribution in [2.24, 2.45) is 0 Å². The van der Waals surface area contributed by atoms with Crippen LogP contribution in [0.25, 0.3) is 11.0 Å². The summed E-state index contributed by atoms with van der Waals surface area (Å²) in [7, 11) is 0. The molecule has 1 saturated heterocycles. The Bertz CT molecular complexity index is 739. The van der Waals surface area contributed by atoms with Gasteiger partial charge in [0.05, 0.1) is 0 Å². The summed E-state index contributed by atoms with van der Waals surface area (Å²) in [6.07, 6.45) is 3.16. The molecule has 0 radical (unpaired) electrons. The number of carbonyl (C=O) groups excluding carboxylic acids is 1. The molecule has 3 rings (SSSR count). The van der Waals surface area contributed by atoms with Crippen LogP contribution in [-0.4, -0.2) is 34.5 Å². The number of halogens is 1. The van der Waals surface area contributed by atoms with Gasteiger partial charge >= 0.3 is 5.97 Å². The van der Waals surface area contributed by atoms with E-state index in [-0.39, 0.29) is 29.9 Å².